The molecule has 2 aliphatic rings. The maximum absolute atomic E-state index is 12.6. The molecule has 4 atom stereocenters. The van der Waals surface area contributed by atoms with E-state index in [1.165, 1.54) is 0 Å². The molecule has 1 saturated carbocycles. The number of rotatable bonds is 5. The van der Waals surface area contributed by atoms with Gasteiger partial charge in [0.2, 0.25) is 11.8 Å². The van der Waals surface area contributed by atoms with Gasteiger partial charge < -0.3 is 15.2 Å². The van der Waals surface area contributed by atoms with Crippen molar-refractivity contribution in [1.29, 1.82) is 0 Å². The number of benzene rings is 1. The number of para-hydroxylation sites is 2. The lowest BCUT2D eigenvalue weighted by Gasteiger charge is -2.44. The summed E-state index contributed by atoms with van der Waals surface area (Å²) in [6.45, 7) is 2.46. The number of imidazole rings is 1. The fraction of sp³-hybridized carbons (Fsp3) is 0.571. The summed E-state index contributed by atoms with van der Waals surface area (Å²) in [6.07, 6.45) is 7.55. The molecule has 4 unspecified atom stereocenters. The van der Waals surface area contributed by atoms with E-state index in [-0.39, 0.29) is 30.4 Å². The van der Waals surface area contributed by atoms with Crippen LogP contribution in [0.1, 0.15) is 45.4 Å². The van der Waals surface area contributed by atoms with Gasteiger partial charge in [0.25, 0.3) is 0 Å². The van der Waals surface area contributed by atoms with Crippen molar-refractivity contribution in [2.24, 2.45) is 11.8 Å². The fourth-order valence-electron chi connectivity index (χ4n) is 4.96. The molecular formula is C21H28N4O2. The summed E-state index contributed by atoms with van der Waals surface area (Å²) >= 11 is 0. The van der Waals surface area contributed by atoms with Gasteiger partial charge in [-0.05, 0) is 49.7 Å². The van der Waals surface area contributed by atoms with Crippen LogP contribution in [-0.4, -0.2) is 33.4 Å². The van der Waals surface area contributed by atoms with Crippen molar-refractivity contribution < 1.29 is 9.59 Å². The van der Waals surface area contributed by atoms with Crippen molar-refractivity contribution in [3.63, 3.8) is 0 Å². The predicted octanol–water partition coefficient (Wildman–Crippen LogP) is 2.63. The van der Waals surface area contributed by atoms with Crippen LogP contribution in [-0.2, 0) is 16.1 Å². The maximum atomic E-state index is 12.6. The van der Waals surface area contributed by atoms with Gasteiger partial charge in [-0.2, -0.15) is 0 Å². The average molecular weight is 368 g/mol. The molecule has 1 aromatic heterocycles. The Morgan fingerprint density at radius 2 is 2.19 bits per heavy atom. The molecule has 6 heteroatoms. The van der Waals surface area contributed by atoms with Crippen LogP contribution in [0, 0.1) is 11.8 Å². The molecule has 2 fully saturated rings. The van der Waals surface area contributed by atoms with E-state index in [4.69, 9.17) is 0 Å². The molecular weight excluding hydrogens is 340 g/mol. The maximum Gasteiger partial charge on any atom is 0.240 e. The van der Waals surface area contributed by atoms with Crippen molar-refractivity contribution in [2.45, 2.75) is 64.1 Å². The van der Waals surface area contributed by atoms with E-state index in [2.05, 4.69) is 22.5 Å². The molecule has 0 spiro atoms. The zero-order chi connectivity index (χ0) is 18.8. The zero-order valence-corrected chi connectivity index (χ0v) is 15.9. The lowest BCUT2D eigenvalue weighted by molar-refractivity contribution is -0.127. The molecule has 2 N–H and O–H groups in total. The number of hydrogen-bond acceptors (Lipinski definition) is 3. The van der Waals surface area contributed by atoms with E-state index >= 15 is 0 Å². The van der Waals surface area contributed by atoms with E-state index in [0.29, 0.717) is 18.3 Å². The molecule has 6 nitrogen and oxygen atoms in total. The summed E-state index contributed by atoms with van der Waals surface area (Å²) in [4.78, 5) is 29.0. The van der Waals surface area contributed by atoms with E-state index in [9.17, 15) is 9.59 Å². The third-order valence-electron chi connectivity index (χ3n) is 6.17. The highest BCUT2D eigenvalue weighted by molar-refractivity contribution is 5.80. The van der Waals surface area contributed by atoms with Crippen molar-refractivity contribution in [2.75, 3.05) is 0 Å². The highest BCUT2D eigenvalue weighted by Crippen LogP contribution is 2.37. The van der Waals surface area contributed by atoms with E-state index in [1.54, 1.807) is 6.33 Å². The minimum atomic E-state index is 0.00819. The van der Waals surface area contributed by atoms with Gasteiger partial charge >= 0.3 is 0 Å². The first-order chi connectivity index (χ1) is 13.1. The number of hydrogen-bond donors (Lipinski definition) is 2. The van der Waals surface area contributed by atoms with Crippen LogP contribution in [0.3, 0.4) is 0 Å². The van der Waals surface area contributed by atoms with Crippen LogP contribution in [0.15, 0.2) is 30.6 Å². The van der Waals surface area contributed by atoms with Crippen LogP contribution >= 0.6 is 0 Å². The quantitative estimate of drug-likeness (QED) is 0.852. The fourth-order valence-corrected chi connectivity index (χ4v) is 4.96. The molecule has 2 aromatic rings. The summed E-state index contributed by atoms with van der Waals surface area (Å²) in [5, 5.41) is 6.35. The number of nitrogens with zero attached hydrogens (tertiary/aromatic N) is 2. The third-order valence-corrected chi connectivity index (χ3v) is 6.17. The minimum absolute atomic E-state index is 0.00819. The largest absolute Gasteiger partial charge is 0.353 e. The van der Waals surface area contributed by atoms with Crippen molar-refractivity contribution in [3.8, 4) is 0 Å². The zero-order valence-electron chi connectivity index (χ0n) is 15.9. The Labute approximate surface area is 159 Å². The van der Waals surface area contributed by atoms with Crippen LogP contribution in [0.25, 0.3) is 11.0 Å². The molecule has 2 amide bonds. The van der Waals surface area contributed by atoms with Crippen LogP contribution in [0.2, 0.25) is 0 Å². The third kappa shape index (κ3) is 3.84. The first-order valence-corrected chi connectivity index (χ1v) is 10.1. The van der Waals surface area contributed by atoms with Gasteiger partial charge in [0.1, 0.15) is 6.54 Å². The first-order valence-electron chi connectivity index (χ1n) is 10.1. The summed E-state index contributed by atoms with van der Waals surface area (Å²) in [5.41, 5.74) is 1.87. The van der Waals surface area contributed by atoms with Crippen molar-refractivity contribution in [1.82, 2.24) is 20.2 Å². The molecule has 1 aliphatic carbocycles. The van der Waals surface area contributed by atoms with Gasteiger partial charge in [0.05, 0.1) is 17.4 Å². The standard InChI is InChI=1S/C21H28N4O2/c1-2-5-14-10-20(26)24-18-11-15(8-9-16(14)18)23-21(27)12-25-13-22-17-6-3-4-7-19(17)25/h3-4,6-7,13-16,18H,2,5,8-12H2,1H3,(H,23,27)(H,24,26). The topological polar surface area (TPSA) is 76.0 Å². The lowest BCUT2D eigenvalue weighted by atomic mass is 9.70. The van der Waals surface area contributed by atoms with Crippen molar-refractivity contribution >= 4 is 22.8 Å². The van der Waals surface area contributed by atoms with Gasteiger partial charge in [-0.3, -0.25) is 9.59 Å². The van der Waals surface area contributed by atoms with Crippen LogP contribution in [0.5, 0.6) is 0 Å². The van der Waals surface area contributed by atoms with Gasteiger partial charge in [0, 0.05) is 18.5 Å². The van der Waals surface area contributed by atoms with E-state index in [1.807, 2.05) is 28.8 Å². The molecule has 1 aromatic carbocycles. The molecule has 144 valence electrons. The Balaban J connectivity index is 1.36. The van der Waals surface area contributed by atoms with Gasteiger partial charge in [-0.15, -0.1) is 0 Å². The summed E-state index contributed by atoms with van der Waals surface area (Å²) < 4.78 is 1.88. The predicted molar refractivity (Wildman–Crippen MR) is 104 cm³/mol. The molecule has 1 aliphatic heterocycles. The monoisotopic (exact) mass is 368 g/mol. The number of fused-ring (bicyclic) bond motifs is 2. The first kappa shape index (κ1) is 18.0. The second kappa shape index (κ2) is 7.71. The Hall–Kier alpha value is -2.37. The highest BCUT2D eigenvalue weighted by Gasteiger charge is 2.40. The number of nitrogens with one attached hydrogen (secondary N) is 2. The number of carbonyl (C=O) groups is 2. The highest BCUT2D eigenvalue weighted by atomic mass is 16.2. The van der Waals surface area contributed by atoms with E-state index < -0.39 is 0 Å². The van der Waals surface area contributed by atoms with Gasteiger partial charge in [0.15, 0.2) is 0 Å². The molecule has 0 bridgehead atoms. The Kier molecular flexibility index (Phi) is 5.14. The summed E-state index contributed by atoms with van der Waals surface area (Å²) in [7, 11) is 0. The molecule has 1 saturated heterocycles. The Morgan fingerprint density at radius 1 is 1.33 bits per heavy atom. The molecule has 0 radical (unpaired) electrons. The van der Waals surface area contributed by atoms with Crippen LogP contribution in [0.4, 0.5) is 0 Å². The molecule has 27 heavy (non-hydrogen) atoms. The SMILES string of the molecule is CCCC1CC(=O)NC2CC(NC(=O)Cn3cnc4ccccc43)CCC12. The second-order valence-corrected chi connectivity index (χ2v) is 8.03. The van der Waals surface area contributed by atoms with Gasteiger partial charge in [-0.1, -0.05) is 25.5 Å². The summed E-state index contributed by atoms with van der Waals surface area (Å²) in [6, 6.07) is 8.17. The van der Waals surface area contributed by atoms with E-state index in [0.717, 1.165) is 43.1 Å². The molecule has 2 heterocycles. The van der Waals surface area contributed by atoms with Crippen molar-refractivity contribution in [3.05, 3.63) is 30.6 Å². The molecule has 4 rings (SSSR count). The number of carbonyl (C=O) groups excluding carboxylic acids is 2. The lowest BCUT2D eigenvalue weighted by Crippen LogP contribution is -2.55. The van der Waals surface area contributed by atoms with Gasteiger partial charge in [-0.25, -0.2) is 4.98 Å². The second-order valence-electron chi connectivity index (χ2n) is 8.03. The minimum Gasteiger partial charge on any atom is -0.353 e. The number of piperidine rings is 1. The summed E-state index contributed by atoms with van der Waals surface area (Å²) in [5.74, 6) is 1.25. The number of amides is 2. The normalized spacial score (nSPS) is 27.8. The van der Waals surface area contributed by atoms with Crippen LogP contribution < -0.4 is 10.6 Å². The number of aromatic nitrogens is 2. The smallest absolute Gasteiger partial charge is 0.240 e. The Bertz CT molecular complexity index is 830. The average Bonchev–Trinajstić information content (AvgIpc) is 3.04. The Morgan fingerprint density at radius 3 is 3.04 bits per heavy atom.